The Labute approximate surface area is 187 Å². The molecule has 1 heterocycles. The Hall–Kier alpha value is -2.42. The van der Waals surface area contributed by atoms with Gasteiger partial charge in [0.2, 0.25) is 0 Å². The van der Waals surface area contributed by atoms with Crippen molar-refractivity contribution in [2.45, 2.75) is 45.5 Å². The molecule has 1 saturated heterocycles. The molecule has 0 saturated carbocycles. The van der Waals surface area contributed by atoms with Crippen LogP contribution in [0.4, 0.5) is 0 Å². The topological polar surface area (TPSA) is 18.5 Å². The fourth-order valence-electron chi connectivity index (χ4n) is 4.94. The summed E-state index contributed by atoms with van der Waals surface area (Å²) in [6.45, 7) is 9.68. The van der Waals surface area contributed by atoms with E-state index in [-0.39, 0.29) is 12.2 Å². The second kappa shape index (κ2) is 9.38. The predicted octanol–water partition coefficient (Wildman–Crippen LogP) is 6.69. The van der Waals surface area contributed by atoms with E-state index in [9.17, 15) is 0 Å². The normalized spacial score (nSPS) is 26.5. The first-order chi connectivity index (χ1) is 15.0. The van der Waals surface area contributed by atoms with E-state index in [1.807, 2.05) is 0 Å². The molecule has 0 N–H and O–H groups in total. The maximum Gasteiger partial charge on any atom is 0.143 e. The Balaban J connectivity index is 1.78. The monoisotopic (exact) mass is 414 g/mol. The van der Waals surface area contributed by atoms with Gasteiger partial charge >= 0.3 is 0 Å². The van der Waals surface area contributed by atoms with Crippen LogP contribution in [-0.4, -0.2) is 18.8 Å². The summed E-state index contributed by atoms with van der Waals surface area (Å²) in [5.74, 6) is 1.58. The minimum atomic E-state index is -0.692. The molecule has 0 aromatic heterocycles. The molecular formula is C29H34O2. The maximum absolute atomic E-state index is 7.00. The molecule has 31 heavy (non-hydrogen) atoms. The molecule has 0 spiro atoms. The summed E-state index contributed by atoms with van der Waals surface area (Å²) >= 11 is 0. The van der Waals surface area contributed by atoms with Gasteiger partial charge in [0.15, 0.2) is 0 Å². The van der Waals surface area contributed by atoms with E-state index >= 15 is 0 Å². The first-order valence-electron chi connectivity index (χ1n) is 11.5. The maximum atomic E-state index is 7.00. The van der Waals surface area contributed by atoms with Gasteiger partial charge in [0.25, 0.3) is 0 Å². The van der Waals surface area contributed by atoms with Crippen LogP contribution in [0.15, 0.2) is 91.0 Å². The third-order valence-corrected chi connectivity index (χ3v) is 7.38. The Bertz CT molecular complexity index is 842. The quantitative estimate of drug-likeness (QED) is 0.418. The van der Waals surface area contributed by atoms with Gasteiger partial charge in [-0.3, -0.25) is 0 Å². The third-order valence-electron chi connectivity index (χ3n) is 7.38. The van der Waals surface area contributed by atoms with Crippen molar-refractivity contribution in [3.63, 3.8) is 0 Å². The van der Waals surface area contributed by atoms with Gasteiger partial charge < -0.3 is 9.47 Å². The standard InChI is InChI=1S/C29H34O2/c1-21-22(2)24(4)31-28(23(21)3)20-30-29(25-14-8-5-9-15-25,26-16-10-6-11-17-26)27-18-12-7-13-19-27/h5-19,21-24,28H,20H2,1-4H3/t21-,22?,23+,24+,28?/m1/s1. The number of ether oxygens (including phenoxy) is 2. The average Bonchev–Trinajstić information content (AvgIpc) is 2.83. The van der Waals surface area contributed by atoms with Crippen LogP contribution in [0.3, 0.4) is 0 Å². The van der Waals surface area contributed by atoms with Gasteiger partial charge in [-0.1, -0.05) is 112 Å². The van der Waals surface area contributed by atoms with E-state index in [0.29, 0.717) is 24.4 Å². The molecule has 3 aromatic carbocycles. The van der Waals surface area contributed by atoms with Crippen LogP contribution in [0.1, 0.15) is 44.4 Å². The smallest absolute Gasteiger partial charge is 0.143 e. The van der Waals surface area contributed by atoms with Crippen molar-refractivity contribution < 1.29 is 9.47 Å². The molecule has 0 radical (unpaired) electrons. The summed E-state index contributed by atoms with van der Waals surface area (Å²) < 4.78 is 13.5. The molecule has 5 atom stereocenters. The molecule has 0 amide bonds. The van der Waals surface area contributed by atoms with Gasteiger partial charge in [-0.15, -0.1) is 0 Å². The molecule has 0 bridgehead atoms. The van der Waals surface area contributed by atoms with Crippen molar-refractivity contribution in [1.29, 1.82) is 0 Å². The Morgan fingerprint density at radius 1 is 0.613 bits per heavy atom. The van der Waals surface area contributed by atoms with Crippen LogP contribution in [0, 0.1) is 17.8 Å². The largest absolute Gasteiger partial charge is 0.372 e. The van der Waals surface area contributed by atoms with Gasteiger partial charge in [0.05, 0.1) is 18.8 Å². The lowest BCUT2D eigenvalue weighted by Gasteiger charge is -2.44. The molecule has 2 unspecified atom stereocenters. The number of hydrogen-bond donors (Lipinski definition) is 0. The molecule has 1 aliphatic rings. The van der Waals surface area contributed by atoms with Crippen molar-refractivity contribution in [3.05, 3.63) is 108 Å². The molecular weight excluding hydrogens is 380 g/mol. The molecule has 3 aromatic rings. The van der Waals surface area contributed by atoms with Gasteiger partial charge in [0, 0.05) is 0 Å². The molecule has 0 aliphatic carbocycles. The van der Waals surface area contributed by atoms with E-state index in [2.05, 4.69) is 119 Å². The zero-order valence-electron chi connectivity index (χ0n) is 19.1. The summed E-state index contributed by atoms with van der Waals surface area (Å²) in [6, 6.07) is 31.7. The van der Waals surface area contributed by atoms with Gasteiger partial charge in [0.1, 0.15) is 5.60 Å². The highest BCUT2D eigenvalue weighted by atomic mass is 16.6. The fourth-order valence-corrected chi connectivity index (χ4v) is 4.94. The van der Waals surface area contributed by atoms with Gasteiger partial charge in [-0.25, -0.2) is 0 Å². The van der Waals surface area contributed by atoms with Crippen LogP contribution in [0.2, 0.25) is 0 Å². The SMILES string of the molecule is CC1[C@H](C)OC(COC(c2ccccc2)(c2ccccc2)c2ccccc2)[C@@H](C)[C@@H]1C. The lowest BCUT2D eigenvalue weighted by atomic mass is 9.76. The summed E-state index contributed by atoms with van der Waals surface area (Å²) in [4.78, 5) is 0. The van der Waals surface area contributed by atoms with Crippen molar-refractivity contribution in [2.24, 2.45) is 17.8 Å². The number of benzene rings is 3. The third kappa shape index (κ3) is 4.20. The summed E-state index contributed by atoms with van der Waals surface area (Å²) in [5, 5.41) is 0. The Kier molecular flexibility index (Phi) is 6.60. The van der Waals surface area contributed by atoms with E-state index < -0.39 is 5.60 Å². The molecule has 2 heteroatoms. The van der Waals surface area contributed by atoms with Crippen molar-refractivity contribution in [2.75, 3.05) is 6.61 Å². The minimum Gasteiger partial charge on any atom is -0.372 e. The lowest BCUT2D eigenvalue weighted by molar-refractivity contribution is -0.162. The van der Waals surface area contributed by atoms with Crippen molar-refractivity contribution >= 4 is 0 Å². The van der Waals surface area contributed by atoms with E-state index in [1.54, 1.807) is 0 Å². The summed E-state index contributed by atoms with van der Waals surface area (Å²) in [7, 11) is 0. The van der Waals surface area contributed by atoms with Crippen LogP contribution >= 0.6 is 0 Å². The van der Waals surface area contributed by atoms with Crippen molar-refractivity contribution in [3.8, 4) is 0 Å². The van der Waals surface area contributed by atoms with Crippen LogP contribution in [0.5, 0.6) is 0 Å². The highest BCUT2D eigenvalue weighted by Gasteiger charge is 2.41. The molecule has 162 valence electrons. The zero-order valence-corrected chi connectivity index (χ0v) is 19.1. The Morgan fingerprint density at radius 3 is 1.45 bits per heavy atom. The summed E-state index contributed by atoms with van der Waals surface area (Å²) in [6.07, 6.45) is 0.302. The van der Waals surface area contributed by atoms with Crippen LogP contribution < -0.4 is 0 Å². The number of hydrogen-bond acceptors (Lipinski definition) is 2. The van der Waals surface area contributed by atoms with Gasteiger partial charge in [-0.2, -0.15) is 0 Å². The molecule has 2 nitrogen and oxygen atoms in total. The second-order valence-corrected chi connectivity index (χ2v) is 9.05. The highest BCUT2D eigenvalue weighted by molar-refractivity contribution is 5.47. The van der Waals surface area contributed by atoms with Crippen molar-refractivity contribution in [1.82, 2.24) is 0 Å². The minimum absolute atomic E-state index is 0.0664. The molecule has 1 fully saturated rings. The second-order valence-electron chi connectivity index (χ2n) is 9.05. The predicted molar refractivity (Wildman–Crippen MR) is 127 cm³/mol. The number of rotatable bonds is 6. The van der Waals surface area contributed by atoms with E-state index in [4.69, 9.17) is 9.47 Å². The highest BCUT2D eigenvalue weighted by Crippen LogP contribution is 2.42. The zero-order chi connectivity index (χ0) is 21.8. The van der Waals surface area contributed by atoms with Crippen LogP contribution in [0.25, 0.3) is 0 Å². The fraction of sp³-hybridized carbons (Fsp3) is 0.379. The van der Waals surface area contributed by atoms with E-state index in [0.717, 1.165) is 16.7 Å². The Morgan fingerprint density at radius 2 is 1.03 bits per heavy atom. The van der Waals surface area contributed by atoms with Gasteiger partial charge in [-0.05, 0) is 41.4 Å². The molecule has 4 rings (SSSR count). The summed E-state index contributed by atoms with van der Waals surface area (Å²) in [5.41, 5.74) is 2.70. The average molecular weight is 415 g/mol. The van der Waals surface area contributed by atoms with Crippen LogP contribution in [-0.2, 0) is 15.1 Å². The first-order valence-corrected chi connectivity index (χ1v) is 11.5. The lowest BCUT2D eigenvalue weighted by Crippen LogP contribution is -2.47. The first kappa shape index (κ1) is 21.8. The molecule has 1 aliphatic heterocycles. The van der Waals surface area contributed by atoms with E-state index in [1.165, 1.54) is 0 Å².